The number of hydrogen-bond acceptors (Lipinski definition) is 7. The van der Waals surface area contributed by atoms with Crippen LogP contribution < -0.4 is 15.1 Å². The van der Waals surface area contributed by atoms with Crippen LogP contribution in [0.5, 0.6) is 11.5 Å². The summed E-state index contributed by atoms with van der Waals surface area (Å²) >= 11 is 3.37. The first kappa shape index (κ1) is 20.6. The smallest absolute Gasteiger partial charge is 0.351 e. The third-order valence-electron chi connectivity index (χ3n) is 3.87. The number of fused-ring (bicyclic) bond motifs is 1. The van der Waals surface area contributed by atoms with Gasteiger partial charge >= 0.3 is 17.6 Å². The fraction of sp³-hybridized carbons (Fsp3) is 0.190. The largest absolute Gasteiger partial charge is 0.481 e. The van der Waals surface area contributed by atoms with Crippen LogP contribution in [0.25, 0.3) is 11.0 Å². The van der Waals surface area contributed by atoms with Crippen LogP contribution in [-0.2, 0) is 9.53 Å². The monoisotopic (exact) mass is 460 g/mol. The highest BCUT2D eigenvalue weighted by Gasteiger charge is 2.16. The van der Waals surface area contributed by atoms with Gasteiger partial charge in [-0.3, -0.25) is 0 Å². The molecular formula is C21H17BrO7. The number of halogens is 1. The summed E-state index contributed by atoms with van der Waals surface area (Å²) in [5.74, 6) is -0.676. The molecule has 0 saturated carbocycles. The fourth-order valence-corrected chi connectivity index (χ4v) is 3.13. The summed E-state index contributed by atoms with van der Waals surface area (Å²) in [7, 11) is 0. The second-order valence-electron chi connectivity index (χ2n) is 6.06. The number of esters is 2. The van der Waals surface area contributed by atoms with Gasteiger partial charge in [0.15, 0.2) is 6.61 Å². The summed E-state index contributed by atoms with van der Waals surface area (Å²) in [5, 5.41) is 0.493. The Kier molecular flexibility index (Phi) is 6.33. The van der Waals surface area contributed by atoms with E-state index < -0.39 is 17.6 Å². The standard InChI is InChI=1S/C21H17BrO7/c1-3-26-20(24)15-9-13-5-6-14(10-18(13)29-21(15)25)28-19(23)11-27-17-7-4-12(2)8-16(17)22/h4-10H,3,11H2,1-2H3. The van der Waals surface area contributed by atoms with Gasteiger partial charge in [-0.1, -0.05) is 6.07 Å². The summed E-state index contributed by atoms with van der Waals surface area (Å²) in [6.07, 6.45) is 0. The molecule has 0 radical (unpaired) electrons. The highest BCUT2D eigenvalue weighted by atomic mass is 79.9. The van der Waals surface area contributed by atoms with Gasteiger partial charge in [-0.15, -0.1) is 0 Å². The molecule has 0 N–H and O–H groups in total. The third-order valence-corrected chi connectivity index (χ3v) is 4.49. The molecular weight excluding hydrogens is 444 g/mol. The van der Waals surface area contributed by atoms with Crippen molar-refractivity contribution in [1.82, 2.24) is 0 Å². The maximum atomic E-state index is 12.1. The maximum absolute atomic E-state index is 12.1. The predicted molar refractivity (Wildman–Crippen MR) is 108 cm³/mol. The van der Waals surface area contributed by atoms with Gasteiger partial charge in [-0.25, -0.2) is 14.4 Å². The van der Waals surface area contributed by atoms with Crippen molar-refractivity contribution in [3.05, 3.63) is 68.5 Å². The predicted octanol–water partition coefficient (Wildman–Crippen LogP) is 4.03. The van der Waals surface area contributed by atoms with Crippen molar-refractivity contribution in [2.75, 3.05) is 13.2 Å². The molecule has 0 amide bonds. The topological polar surface area (TPSA) is 92.0 Å². The van der Waals surface area contributed by atoms with Crippen LogP contribution in [0.3, 0.4) is 0 Å². The van der Waals surface area contributed by atoms with E-state index in [2.05, 4.69) is 15.9 Å². The Hall–Kier alpha value is -3.13. The number of benzene rings is 2. The molecule has 0 fully saturated rings. The lowest BCUT2D eigenvalue weighted by Crippen LogP contribution is -2.18. The maximum Gasteiger partial charge on any atom is 0.351 e. The average Bonchev–Trinajstić information content (AvgIpc) is 2.67. The fourth-order valence-electron chi connectivity index (χ4n) is 2.53. The van der Waals surface area contributed by atoms with Crippen LogP contribution in [0.1, 0.15) is 22.8 Å². The SMILES string of the molecule is CCOC(=O)c1cc2ccc(OC(=O)COc3ccc(C)cc3Br)cc2oc1=O. The molecule has 0 atom stereocenters. The molecule has 0 spiro atoms. The van der Waals surface area contributed by atoms with Gasteiger partial charge in [0, 0.05) is 11.5 Å². The van der Waals surface area contributed by atoms with Crippen LogP contribution in [0, 0.1) is 6.92 Å². The number of carbonyl (C=O) groups excluding carboxylic acids is 2. The van der Waals surface area contributed by atoms with Crippen molar-refractivity contribution < 1.29 is 28.2 Å². The quantitative estimate of drug-likeness (QED) is 0.311. The lowest BCUT2D eigenvalue weighted by atomic mass is 10.2. The zero-order valence-corrected chi connectivity index (χ0v) is 17.3. The summed E-state index contributed by atoms with van der Waals surface area (Å²) in [4.78, 5) is 35.8. The van der Waals surface area contributed by atoms with E-state index in [0.29, 0.717) is 11.1 Å². The molecule has 0 saturated heterocycles. The number of ether oxygens (including phenoxy) is 3. The highest BCUT2D eigenvalue weighted by molar-refractivity contribution is 9.10. The van der Waals surface area contributed by atoms with Crippen LogP contribution in [0.4, 0.5) is 0 Å². The van der Waals surface area contributed by atoms with Crippen molar-refractivity contribution in [2.24, 2.45) is 0 Å². The molecule has 8 heteroatoms. The van der Waals surface area contributed by atoms with Gasteiger partial charge in [0.25, 0.3) is 0 Å². The molecule has 150 valence electrons. The molecule has 3 aromatic rings. The molecule has 7 nitrogen and oxygen atoms in total. The summed E-state index contributed by atoms with van der Waals surface area (Å²) in [6.45, 7) is 3.43. The highest BCUT2D eigenvalue weighted by Crippen LogP contribution is 2.26. The van der Waals surface area contributed by atoms with E-state index in [9.17, 15) is 14.4 Å². The lowest BCUT2D eigenvalue weighted by molar-refractivity contribution is -0.136. The van der Waals surface area contributed by atoms with Crippen molar-refractivity contribution >= 4 is 38.8 Å². The van der Waals surface area contributed by atoms with E-state index in [1.807, 2.05) is 19.1 Å². The Morgan fingerprint density at radius 3 is 2.62 bits per heavy atom. The minimum Gasteiger partial charge on any atom is -0.481 e. The second kappa shape index (κ2) is 8.91. The van der Waals surface area contributed by atoms with E-state index >= 15 is 0 Å². The van der Waals surface area contributed by atoms with Gasteiger partial charge in [0.2, 0.25) is 0 Å². The third kappa shape index (κ3) is 5.03. The van der Waals surface area contributed by atoms with Crippen molar-refractivity contribution in [2.45, 2.75) is 13.8 Å². The molecule has 1 aromatic heterocycles. The first-order valence-electron chi connectivity index (χ1n) is 8.72. The normalized spacial score (nSPS) is 10.6. The van der Waals surface area contributed by atoms with Gasteiger partial charge < -0.3 is 18.6 Å². The molecule has 2 aromatic carbocycles. The number of carbonyl (C=O) groups is 2. The van der Waals surface area contributed by atoms with Crippen LogP contribution >= 0.6 is 15.9 Å². The van der Waals surface area contributed by atoms with Crippen molar-refractivity contribution in [3.8, 4) is 11.5 Å². The first-order valence-corrected chi connectivity index (χ1v) is 9.51. The molecule has 0 aliphatic carbocycles. The van der Waals surface area contributed by atoms with Crippen LogP contribution in [-0.4, -0.2) is 25.2 Å². The number of aryl methyl sites for hydroxylation is 1. The van der Waals surface area contributed by atoms with Crippen LogP contribution in [0.2, 0.25) is 0 Å². The van der Waals surface area contributed by atoms with Crippen molar-refractivity contribution in [1.29, 1.82) is 0 Å². The molecule has 0 aliphatic heterocycles. The molecule has 29 heavy (non-hydrogen) atoms. The Bertz CT molecular complexity index is 1130. The Balaban J connectivity index is 1.71. The summed E-state index contributed by atoms with van der Waals surface area (Å²) in [6, 6.07) is 11.3. The molecule has 3 rings (SSSR count). The van der Waals surface area contributed by atoms with E-state index in [1.54, 1.807) is 19.1 Å². The summed E-state index contributed by atoms with van der Waals surface area (Å²) < 4.78 is 21.4. The number of hydrogen-bond donors (Lipinski definition) is 0. The summed E-state index contributed by atoms with van der Waals surface area (Å²) in [5.41, 5.74) is 0.208. The zero-order chi connectivity index (χ0) is 21.0. The zero-order valence-electron chi connectivity index (χ0n) is 15.7. The lowest BCUT2D eigenvalue weighted by Gasteiger charge is -2.09. The van der Waals surface area contributed by atoms with Crippen LogP contribution in [0.15, 0.2) is 56.1 Å². The first-order chi connectivity index (χ1) is 13.9. The van der Waals surface area contributed by atoms with Gasteiger partial charge in [0.05, 0.1) is 11.1 Å². The van der Waals surface area contributed by atoms with Gasteiger partial charge in [-0.2, -0.15) is 0 Å². The van der Waals surface area contributed by atoms with Gasteiger partial charge in [0.1, 0.15) is 22.6 Å². The van der Waals surface area contributed by atoms with E-state index in [1.165, 1.54) is 18.2 Å². The Labute approximate surface area is 174 Å². The second-order valence-corrected chi connectivity index (χ2v) is 6.92. The number of rotatable bonds is 6. The molecule has 0 aliphatic rings. The van der Waals surface area contributed by atoms with Gasteiger partial charge in [-0.05, 0) is 65.7 Å². The molecule has 0 unspecified atom stereocenters. The van der Waals surface area contributed by atoms with Crippen molar-refractivity contribution in [3.63, 3.8) is 0 Å². The average molecular weight is 461 g/mol. The minimum absolute atomic E-state index is 0.145. The Morgan fingerprint density at radius 2 is 1.90 bits per heavy atom. The minimum atomic E-state index is -0.827. The molecule has 0 bridgehead atoms. The van der Waals surface area contributed by atoms with E-state index in [4.69, 9.17) is 18.6 Å². The molecule has 1 heterocycles. The Morgan fingerprint density at radius 1 is 1.10 bits per heavy atom. The van der Waals surface area contributed by atoms with E-state index in [-0.39, 0.29) is 30.1 Å². The van der Waals surface area contributed by atoms with E-state index in [0.717, 1.165) is 10.0 Å².